The predicted molar refractivity (Wildman–Crippen MR) is 72.7 cm³/mol. The Kier molecular flexibility index (Phi) is 5.56. The molecule has 1 fully saturated rings. The largest absolute Gasteiger partial charge is 0.389 e. The van der Waals surface area contributed by atoms with E-state index in [1.165, 1.54) is 12.8 Å². The monoisotopic (exact) mass is 270 g/mol. The average molecular weight is 270 g/mol. The topological polar surface area (TPSA) is 54.4 Å². The van der Waals surface area contributed by atoms with Gasteiger partial charge in [0.2, 0.25) is 0 Å². The molecule has 0 radical (unpaired) electrons. The van der Waals surface area contributed by atoms with Gasteiger partial charge in [0.1, 0.15) is 5.01 Å². The summed E-state index contributed by atoms with van der Waals surface area (Å²) >= 11 is 1.65. The third-order valence-electron chi connectivity index (χ3n) is 3.12. The molecule has 1 saturated carbocycles. The van der Waals surface area contributed by atoms with Crippen LogP contribution in [0.5, 0.6) is 0 Å². The highest BCUT2D eigenvalue weighted by Crippen LogP contribution is 2.28. The molecule has 18 heavy (non-hydrogen) atoms. The Morgan fingerprint density at radius 1 is 1.61 bits per heavy atom. The van der Waals surface area contributed by atoms with E-state index in [-0.39, 0.29) is 6.04 Å². The highest BCUT2D eigenvalue weighted by atomic mass is 32.1. The third-order valence-corrected chi connectivity index (χ3v) is 4.01. The van der Waals surface area contributed by atoms with Crippen molar-refractivity contribution in [1.82, 2.24) is 10.3 Å². The SMILES string of the molecule is CCC(NCC(O)COCC1CC1)c1nccs1. The van der Waals surface area contributed by atoms with E-state index in [2.05, 4.69) is 17.2 Å². The Balaban J connectivity index is 1.62. The van der Waals surface area contributed by atoms with Gasteiger partial charge in [-0.3, -0.25) is 0 Å². The van der Waals surface area contributed by atoms with Gasteiger partial charge in [0, 0.05) is 24.7 Å². The molecule has 1 heterocycles. The van der Waals surface area contributed by atoms with E-state index in [1.54, 1.807) is 11.3 Å². The zero-order valence-corrected chi connectivity index (χ0v) is 11.7. The fourth-order valence-corrected chi connectivity index (χ4v) is 2.60. The molecule has 2 unspecified atom stereocenters. The lowest BCUT2D eigenvalue weighted by Crippen LogP contribution is -2.33. The normalized spacial score (nSPS) is 18.8. The molecule has 5 heteroatoms. The fraction of sp³-hybridized carbons (Fsp3) is 0.769. The van der Waals surface area contributed by atoms with Crippen LogP contribution in [0.1, 0.15) is 37.2 Å². The van der Waals surface area contributed by atoms with Gasteiger partial charge in [-0.1, -0.05) is 6.92 Å². The predicted octanol–water partition coefficient (Wildman–Crippen LogP) is 1.97. The summed E-state index contributed by atoms with van der Waals surface area (Å²) in [7, 11) is 0. The van der Waals surface area contributed by atoms with Gasteiger partial charge in [-0.15, -0.1) is 11.3 Å². The van der Waals surface area contributed by atoms with Crippen molar-refractivity contribution in [2.24, 2.45) is 5.92 Å². The quantitative estimate of drug-likeness (QED) is 0.720. The van der Waals surface area contributed by atoms with Crippen LogP contribution in [0.25, 0.3) is 0 Å². The van der Waals surface area contributed by atoms with Crippen molar-refractivity contribution in [1.29, 1.82) is 0 Å². The van der Waals surface area contributed by atoms with E-state index in [0.29, 0.717) is 13.2 Å². The van der Waals surface area contributed by atoms with Crippen molar-refractivity contribution in [2.45, 2.75) is 38.3 Å². The van der Waals surface area contributed by atoms with Crippen LogP contribution in [-0.2, 0) is 4.74 Å². The summed E-state index contributed by atoms with van der Waals surface area (Å²) in [5.41, 5.74) is 0. The van der Waals surface area contributed by atoms with Gasteiger partial charge in [-0.05, 0) is 25.2 Å². The average Bonchev–Trinajstić information content (AvgIpc) is 3.03. The maximum Gasteiger partial charge on any atom is 0.109 e. The summed E-state index contributed by atoms with van der Waals surface area (Å²) in [5.74, 6) is 0.754. The molecule has 1 aromatic rings. The van der Waals surface area contributed by atoms with E-state index >= 15 is 0 Å². The molecule has 102 valence electrons. The van der Waals surface area contributed by atoms with Crippen molar-refractivity contribution < 1.29 is 9.84 Å². The second-order valence-electron chi connectivity index (χ2n) is 4.87. The lowest BCUT2D eigenvalue weighted by molar-refractivity contribution is 0.0312. The number of ether oxygens (including phenoxy) is 1. The molecule has 1 aliphatic carbocycles. The van der Waals surface area contributed by atoms with Crippen molar-refractivity contribution in [2.75, 3.05) is 19.8 Å². The van der Waals surface area contributed by atoms with Gasteiger partial charge < -0.3 is 15.2 Å². The van der Waals surface area contributed by atoms with Crippen LogP contribution in [0.4, 0.5) is 0 Å². The van der Waals surface area contributed by atoms with Crippen LogP contribution < -0.4 is 5.32 Å². The van der Waals surface area contributed by atoms with Crippen LogP contribution in [0, 0.1) is 5.92 Å². The molecule has 0 saturated heterocycles. The fourth-order valence-electron chi connectivity index (χ4n) is 1.81. The molecule has 0 aromatic carbocycles. The number of thiazole rings is 1. The van der Waals surface area contributed by atoms with Gasteiger partial charge in [0.05, 0.1) is 18.8 Å². The molecule has 0 bridgehead atoms. The maximum absolute atomic E-state index is 9.82. The van der Waals surface area contributed by atoms with Gasteiger partial charge in [0.15, 0.2) is 0 Å². The summed E-state index contributed by atoms with van der Waals surface area (Å²) in [4.78, 5) is 4.30. The highest BCUT2D eigenvalue weighted by Gasteiger charge is 2.21. The smallest absolute Gasteiger partial charge is 0.109 e. The second-order valence-corrected chi connectivity index (χ2v) is 5.80. The summed E-state index contributed by atoms with van der Waals surface area (Å²) < 4.78 is 5.47. The van der Waals surface area contributed by atoms with E-state index < -0.39 is 6.10 Å². The molecule has 0 spiro atoms. The first kappa shape index (κ1) is 13.9. The Labute approximate surface area is 112 Å². The number of aliphatic hydroxyl groups is 1. The highest BCUT2D eigenvalue weighted by molar-refractivity contribution is 7.09. The zero-order chi connectivity index (χ0) is 12.8. The molecular formula is C13H22N2O2S. The number of hydrogen-bond donors (Lipinski definition) is 2. The standard InChI is InChI=1S/C13H22N2O2S/c1-2-12(13-14-5-6-18-13)15-7-11(16)9-17-8-10-3-4-10/h5-6,10-12,15-16H,2-4,7-9H2,1H3. The van der Waals surface area contributed by atoms with E-state index in [1.807, 2.05) is 11.6 Å². The molecule has 0 amide bonds. The summed E-state index contributed by atoms with van der Waals surface area (Å²) in [5, 5.41) is 16.2. The van der Waals surface area contributed by atoms with Crippen molar-refractivity contribution >= 4 is 11.3 Å². The number of aromatic nitrogens is 1. The maximum atomic E-state index is 9.82. The first-order valence-electron chi connectivity index (χ1n) is 6.68. The van der Waals surface area contributed by atoms with Crippen LogP contribution >= 0.6 is 11.3 Å². The Hall–Kier alpha value is -0.490. The number of nitrogens with zero attached hydrogens (tertiary/aromatic N) is 1. The molecule has 4 nitrogen and oxygen atoms in total. The first-order valence-corrected chi connectivity index (χ1v) is 7.56. The summed E-state index contributed by atoms with van der Waals surface area (Å²) in [6.45, 7) is 3.91. The Morgan fingerprint density at radius 2 is 2.44 bits per heavy atom. The van der Waals surface area contributed by atoms with Crippen LogP contribution in [0.2, 0.25) is 0 Å². The first-order chi connectivity index (χ1) is 8.79. The van der Waals surface area contributed by atoms with Crippen molar-refractivity contribution in [3.63, 3.8) is 0 Å². The number of rotatable bonds is 9. The lowest BCUT2D eigenvalue weighted by atomic mass is 10.2. The molecule has 2 atom stereocenters. The zero-order valence-electron chi connectivity index (χ0n) is 10.8. The third kappa shape index (κ3) is 4.65. The molecule has 1 aliphatic rings. The summed E-state index contributed by atoms with van der Waals surface area (Å²) in [6.07, 6.45) is 4.94. The van der Waals surface area contributed by atoms with Gasteiger partial charge in [-0.2, -0.15) is 0 Å². The minimum atomic E-state index is -0.433. The molecule has 1 aromatic heterocycles. The Morgan fingerprint density at radius 3 is 3.06 bits per heavy atom. The van der Waals surface area contributed by atoms with Crippen molar-refractivity contribution in [3.05, 3.63) is 16.6 Å². The minimum Gasteiger partial charge on any atom is -0.389 e. The Bertz CT molecular complexity index is 328. The van der Waals surface area contributed by atoms with Crippen LogP contribution in [0.3, 0.4) is 0 Å². The second kappa shape index (κ2) is 7.19. The van der Waals surface area contributed by atoms with Gasteiger partial charge in [-0.25, -0.2) is 4.98 Å². The summed E-state index contributed by atoms with van der Waals surface area (Å²) in [6, 6.07) is 0.239. The number of aliphatic hydroxyl groups excluding tert-OH is 1. The number of nitrogens with one attached hydrogen (secondary N) is 1. The van der Waals surface area contributed by atoms with Crippen LogP contribution in [0.15, 0.2) is 11.6 Å². The molecular weight excluding hydrogens is 248 g/mol. The van der Waals surface area contributed by atoms with E-state index in [4.69, 9.17) is 4.74 Å². The van der Waals surface area contributed by atoms with Gasteiger partial charge >= 0.3 is 0 Å². The number of hydrogen-bond acceptors (Lipinski definition) is 5. The van der Waals surface area contributed by atoms with E-state index in [9.17, 15) is 5.11 Å². The van der Waals surface area contributed by atoms with Crippen molar-refractivity contribution in [3.8, 4) is 0 Å². The van der Waals surface area contributed by atoms with Gasteiger partial charge in [0.25, 0.3) is 0 Å². The molecule has 2 rings (SSSR count). The molecule has 0 aliphatic heterocycles. The van der Waals surface area contributed by atoms with E-state index in [0.717, 1.165) is 24.0 Å². The minimum absolute atomic E-state index is 0.239. The lowest BCUT2D eigenvalue weighted by Gasteiger charge is -2.17. The van der Waals surface area contributed by atoms with Crippen LogP contribution in [-0.4, -0.2) is 36.0 Å². The molecule has 2 N–H and O–H groups in total.